The molecule has 1 saturated heterocycles. The smallest absolute Gasteiger partial charge is 0.234 e. The first-order valence-corrected chi connectivity index (χ1v) is 10.3. The minimum Gasteiger partial charge on any atom is -0.360 e. The highest BCUT2D eigenvalue weighted by Crippen LogP contribution is 2.41. The second-order valence-electron chi connectivity index (χ2n) is 8.28. The first-order chi connectivity index (χ1) is 13.6. The zero-order valence-corrected chi connectivity index (χ0v) is 16.9. The van der Waals surface area contributed by atoms with Crippen LogP contribution in [0.5, 0.6) is 0 Å². The van der Waals surface area contributed by atoms with Gasteiger partial charge in [-0.2, -0.15) is 0 Å². The maximum atomic E-state index is 12.7. The average Bonchev–Trinajstić information content (AvgIpc) is 3.44. The molecule has 1 unspecified atom stereocenters. The largest absolute Gasteiger partial charge is 0.360 e. The van der Waals surface area contributed by atoms with Crippen LogP contribution in [0.2, 0.25) is 0 Å². The van der Waals surface area contributed by atoms with E-state index in [4.69, 9.17) is 4.52 Å². The van der Waals surface area contributed by atoms with Crippen LogP contribution in [-0.4, -0.2) is 53.6 Å². The summed E-state index contributed by atoms with van der Waals surface area (Å²) < 4.78 is 5.31. The van der Waals surface area contributed by atoms with E-state index in [-0.39, 0.29) is 11.9 Å². The third-order valence-corrected chi connectivity index (χ3v) is 5.73. The van der Waals surface area contributed by atoms with Gasteiger partial charge in [0.25, 0.3) is 0 Å². The summed E-state index contributed by atoms with van der Waals surface area (Å²) in [6.45, 7) is 8.99. The Balaban J connectivity index is 1.25. The molecule has 1 amide bonds. The number of hydrogen-bond donors (Lipinski definition) is 1. The highest BCUT2D eigenvalue weighted by molar-refractivity contribution is 5.78. The molecule has 4 rings (SSSR count). The molecule has 6 nitrogen and oxygen atoms in total. The topological polar surface area (TPSA) is 61.6 Å². The van der Waals surface area contributed by atoms with E-state index < -0.39 is 0 Å². The SMILES string of the molecule is Cc1ccc(C(NC(=O)CN2CCN(Cc3cc(C)no3)CC2)C2CC2)cc1. The highest BCUT2D eigenvalue weighted by Gasteiger charge is 2.33. The molecule has 2 aliphatic rings. The van der Waals surface area contributed by atoms with Gasteiger partial charge in [0.05, 0.1) is 24.8 Å². The van der Waals surface area contributed by atoms with Crippen LogP contribution in [-0.2, 0) is 11.3 Å². The van der Waals surface area contributed by atoms with Crippen LogP contribution in [0.4, 0.5) is 0 Å². The molecule has 150 valence electrons. The van der Waals surface area contributed by atoms with Gasteiger partial charge in [-0.1, -0.05) is 35.0 Å². The first-order valence-electron chi connectivity index (χ1n) is 10.3. The quantitative estimate of drug-likeness (QED) is 0.798. The van der Waals surface area contributed by atoms with Crippen molar-refractivity contribution in [3.63, 3.8) is 0 Å². The van der Waals surface area contributed by atoms with Crippen LogP contribution in [0.15, 0.2) is 34.9 Å². The van der Waals surface area contributed by atoms with E-state index >= 15 is 0 Å². The van der Waals surface area contributed by atoms with E-state index in [0.717, 1.165) is 44.2 Å². The molecule has 1 N–H and O–H groups in total. The Labute approximate surface area is 166 Å². The summed E-state index contributed by atoms with van der Waals surface area (Å²) >= 11 is 0. The van der Waals surface area contributed by atoms with E-state index in [1.807, 2.05) is 13.0 Å². The fraction of sp³-hybridized carbons (Fsp3) is 0.545. The minimum absolute atomic E-state index is 0.136. The van der Waals surface area contributed by atoms with Crippen LogP contribution in [0, 0.1) is 19.8 Å². The number of nitrogens with one attached hydrogen (secondary N) is 1. The van der Waals surface area contributed by atoms with Gasteiger partial charge in [0.15, 0.2) is 5.76 Å². The number of carbonyl (C=O) groups excluding carboxylic acids is 1. The summed E-state index contributed by atoms with van der Waals surface area (Å²) in [5.41, 5.74) is 3.40. The maximum absolute atomic E-state index is 12.7. The lowest BCUT2D eigenvalue weighted by Crippen LogP contribution is -2.49. The Bertz CT molecular complexity index is 789. The van der Waals surface area contributed by atoms with Gasteiger partial charge in [-0.05, 0) is 38.2 Å². The number of amides is 1. The molecule has 1 saturated carbocycles. The van der Waals surface area contributed by atoms with Crippen LogP contribution < -0.4 is 5.32 Å². The predicted octanol–water partition coefficient (Wildman–Crippen LogP) is 2.68. The lowest BCUT2D eigenvalue weighted by Gasteiger charge is -2.34. The number of benzene rings is 1. The number of aryl methyl sites for hydroxylation is 2. The molecule has 6 heteroatoms. The van der Waals surface area contributed by atoms with Gasteiger partial charge >= 0.3 is 0 Å². The van der Waals surface area contributed by atoms with Gasteiger partial charge in [0.1, 0.15) is 0 Å². The van der Waals surface area contributed by atoms with Crippen molar-refractivity contribution in [3.8, 4) is 0 Å². The summed E-state index contributed by atoms with van der Waals surface area (Å²) in [5, 5.41) is 7.25. The van der Waals surface area contributed by atoms with Crippen molar-refractivity contribution in [2.45, 2.75) is 39.3 Å². The molecule has 1 aliphatic heterocycles. The molecule has 1 atom stereocenters. The summed E-state index contributed by atoms with van der Waals surface area (Å²) in [4.78, 5) is 17.3. The van der Waals surface area contributed by atoms with Crippen molar-refractivity contribution in [2.24, 2.45) is 5.92 Å². The van der Waals surface area contributed by atoms with Crippen LogP contribution in [0.3, 0.4) is 0 Å². The van der Waals surface area contributed by atoms with E-state index in [1.165, 1.54) is 24.0 Å². The van der Waals surface area contributed by atoms with Crippen molar-refractivity contribution in [1.29, 1.82) is 0 Å². The monoisotopic (exact) mass is 382 g/mol. The highest BCUT2D eigenvalue weighted by atomic mass is 16.5. The molecule has 1 aromatic heterocycles. The molecular formula is C22H30N4O2. The van der Waals surface area contributed by atoms with E-state index in [9.17, 15) is 4.79 Å². The molecule has 0 radical (unpaired) electrons. The van der Waals surface area contributed by atoms with Gasteiger partial charge < -0.3 is 9.84 Å². The summed E-state index contributed by atoms with van der Waals surface area (Å²) in [6, 6.07) is 10.7. The Morgan fingerprint density at radius 3 is 2.43 bits per heavy atom. The van der Waals surface area contributed by atoms with E-state index in [0.29, 0.717) is 12.5 Å². The molecular weight excluding hydrogens is 352 g/mol. The maximum Gasteiger partial charge on any atom is 0.234 e. The van der Waals surface area contributed by atoms with Gasteiger partial charge in [-0.3, -0.25) is 14.6 Å². The first kappa shape index (κ1) is 19.2. The minimum atomic E-state index is 0.136. The fourth-order valence-electron chi connectivity index (χ4n) is 3.92. The number of carbonyl (C=O) groups is 1. The standard InChI is InChI=1S/C22H30N4O2/c1-16-3-5-18(6-4-16)22(19-7-8-19)23-21(27)15-26-11-9-25(10-12-26)14-20-13-17(2)24-28-20/h3-6,13,19,22H,7-12,14-15H2,1-2H3,(H,23,27). The van der Waals surface area contributed by atoms with Crippen molar-refractivity contribution >= 4 is 5.91 Å². The molecule has 0 spiro atoms. The molecule has 28 heavy (non-hydrogen) atoms. The van der Waals surface area contributed by atoms with Crippen LogP contribution >= 0.6 is 0 Å². The molecule has 1 aromatic carbocycles. The fourth-order valence-corrected chi connectivity index (χ4v) is 3.92. The van der Waals surface area contributed by atoms with E-state index in [1.54, 1.807) is 0 Å². The second kappa shape index (κ2) is 8.45. The van der Waals surface area contributed by atoms with Crippen molar-refractivity contribution in [1.82, 2.24) is 20.3 Å². The zero-order valence-electron chi connectivity index (χ0n) is 16.9. The van der Waals surface area contributed by atoms with Crippen LogP contribution in [0.25, 0.3) is 0 Å². The normalized spacial score (nSPS) is 19.5. The van der Waals surface area contributed by atoms with Crippen molar-refractivity contribution in [2.75, 3.05) is 32.7 Å². The van der Waals surface area contributed by atoms with Crippen molar-refractivity contribution in [3.05, 3.63) is 52.9 Å². The van der Waals surface area contributed by atoms with E-state index in [2.05, 4.69) is 51.5 Å². The molecule has 2 fully saturated rings. The Kier molecular flexibility index (Phi) is 5.78. The van der Waals surface area contributed by atoms with Gasteiger partial charge in [-0.25, -0.2) is 0 Å². The lowest BCUT2D eigenvalue weighted by molar-refractivity contribution is -0.123. The number of hydrogen-bond acceptors (Lipinski definition) is 5. The van der Waals surface area contributed by atoms with Crippen LogP contribution in [0.1, 0.15) is 41.5 Å². The number of piperazine rings is 1. The molecule has 0 bridgehead atoms. The zero-order chi connectivity index (χ0) is 19.5. The number of rotatable bonds is 7. The summed E-state index contributed by atoms with van der Waals surface area (Å²) in [5.74, 6) is 1.64. The Hall–Kier alpha value is -2.18. The molecule has 2 heterocycles. The average molecular weight is 383 g/mol. The Morgan fingerprint density at radius 2 is 1.82 bits per heavy atom. The van der Waals surface area contributed by atoms with Gasteiger partial charge in [0.2, 0.25) is 5.91 Å². The molecule has 2 aromatic rings. The number of nitrogens with zero attached hydrogens (tertiary/aromatic N) is 3. The van der Waals surface area contributed by atoms with Crippen molar-refractivity contribution < 1.29 is 9.32 Å². The lowest BCUT2D eigenvalue weighted by atomic mass is 10.0. The summed E-state index contributed by atoms with van der Waals surface area (Å²) in [7, 11) is 0. The second-order valence-corrected chi connectivity index (χ2v) is 8.28. The summed E-state index contributed by atoms with van der Waals surface area (Å²) in [6.07, 6.45) is 2.41. The van der Waals surface area contributed by atoms with Gasteiger partial charge in [0, 0.05) is 32.2 Å². The Morgan fingerprint density at radius 1 is 1.14 bits per heavy atom. The number of aromatic nitrogens is 1. The third kappa shape index (κ3) is 5.00. The predicted molar refractivity (Wildman–Crippen MR) is 108 cm³/mol. The third-order valence-electron chi connectivity index (χ3n) is 5.73. The molecule has 1 aliphatic carbocycles. The van der Waals surface area contributed by atoms with Gasteiger partial charge in [-0.15, -0.1) is 0 Å².